The van der Waals surface area contributed by atoms with Gasteiger partial charge in [-0.05, 0) is 38.1 Å². The normalized spacial score (nSPS) is 10.7. The molecule has 8 nitrogen and oxygen atoms in total. The number of rotatable bonds is 8. The van der Waals surface area contributed by atoms with Crippen LogP contribution in [0.5, 0.6) is 0 Å². The number of urea groups is 1. The summed E-state index contributed by atoms with van der Waals surface area (Å²) < 4.78 is 5.71. The van der Waals surface area contributed by atoms with Crippen molar-refractivity contribution in [2.24, 2.45) is 0 Å². The average Bonchev–Trinajstić information content (AvgIpc) is 3.21. The third kappa shape index (κ3) is 6.29. The second kappa shape index (κ2) is 10.6. The van der Waals surface area contributed by atoms with Crippen LogP contribution in [-0.2, 0) is 11.3 Å². The molecule has 0 radical (unpaired) electrons. The maximum absolute atomic E-state index is 12.7. The largest absolute Gasteiger partial charge is 0.419 e. The van der Waals surface area contributed by atoms with E-state index in [1.54, 1.807) is 29.2 Å². The molecule has 31 heavy (non-hydrogen) atoms. The van der Waals surface area contributed by atoms with Gasteiger partial charge in [0.2, 0.25) is 17.7 Å². The first-order valence-corrected chi connectivity index (χ1v) is 10.3. The van der Waals surface area contributed by atoms with Gasteiger partial charge < -0.3 is 20.0 Å². The summed E-state index contributed by atoms with van der Waals surface area (Å²) in [5, 5.41) is 14.0. The van der Waals surface area contributed by atoms with Gasteiger partial charge >= 0.3 is 6.03 Å². The molecule has 1 aromatic heterocycles. The molecule has 0 aliphatic carbocycles. The number of nitrogens with one attached hydrogen (secondary N) is 2. The topological polar surface area (TPSA) is 100 Å². The summed E-state index contributed by atoms with van der Waals surface area (Å²) in [7, 11) is 0. The van der Waals surface area contributed by atoms with Gasteiger partial charge in [0.15, 0.2) is 0 Å². The van der Waals surface area contributed by atoms with Gasteiger partial charge in [0.05, 0.1) is 17.1 Å². The number of carbonyl (C=O) groups is 2. The molecule has 0 aliphatic rings. The Hall–Kier alpha value is -3.39. The van der Waals surface area contributed by atoms with Gasteiger partial charge in [0.1, 0.15) is 0 Å². The van der Waals surface area contributed by atoms with E-state index in [0.717, 1.165) is 0 Å². The third-order valence-electron chi connectivity index (χ3n) is 4.48. The van der Waals surface area contributed by atoms with E-state index in [-0.39, 0.29) is 37.5 Å². The van der Waals surface area contributed by atoms with Gasteiger partial charge in [-0.15, -0.1) is 10.2 Å². The third-order valence-corrected chi connectivity index (χ3v) is 4.81. The number of hydrogen-bond acceptors (Lipinski definition) is 5. The molecule has 0 aliphatic heterocycles. The van der Waals surface area contributed by atoms with Crippen LogP contribution in [-0.4, -0.2) is 39.6 Å². The van der Waals surface area contributed by atoms with E-state index in [4.69, 9.17) is 16.0 Å². The van der Waals surface area contributed by atoms with Crippen molar-refractivity contribution in [1.29, 1.82) is 0 Å². The van der Waals surface area contributed by atoms with Crippen molar-refractivity contribution in [3.05, 3.63) is 65.5 Å². The fourth-order valence-corrected chi connectivity index (χ4v) is 3.11. The summed E-state index contributed by atoms with van der Waals surface area (Å²) in [5.74, 6) is 0.482. The Bertz CT molecular complexity index is 1020. The predicted molar refractivity (Wildman–Crippen MR) is 119 cm³/mol. The van der Waals surface area contributed by atoms with E-state index in [0.29, 0.717) is 28.1 Å². The fraction of sp³-hybridized carbons (Fsp3) is 0.273. The number of para-hydroxylation sites is 1. The molecule has 3 rings (SSSR count). The van der Waals surface area contributed by atoms with Crippen LogP contribution in [0.15, 0.2) is 59.0 Å². The first-order chi connectivity index (χ1) is 14.9. The van der Waals surface area contributed by atoms with Crippen molar-refractivity contribution in [2.75, 3.05) is 11.9 Å². The first-order valence-electron chi connectivity index (χ1n) is 9.90. The van der Waals surface area contributed by atoms with Crippen LogP contribution in [0.2, 0.25) is 5.02 Å². The fourth-order valence-electron chi connectivity index (χ4n) is 2.89. The van der Waals surface area contributed by atoms with Gasteiger partial charge in [-0.3, -0.25) is 4.79 Å². The van der Waals surface area contributed by atoms with Crippen molar-refractivity contribution in [2.45, 2.75) is 32.9 Å². The minimum atomic E-state index is -0.364. The van der Waals surface area contributed by atoms with Crippen LogP contribution >= 0.6 is 11.6 Å². The SMILES string of the molecule is CC(C)N(Cc1nnc(-c2ccccc2Cl)o1)C(=O)CCNC(=O)Nc1ccccc1. The van der Waals surface area contributed by atoms with Crippen LogP contribution in [0, 0.1) is 0 Å². The van der Waals surface area contributed by atoms with E-state index in [9.17, 15) is 9.59 Å². The van der Waals surface area contributed by atoms with Crippen LogP contribution in [0.4, 0.5) is 10.5 Å². The summed E-state index contributed by atoms with van der Waals surface area (Å²) in [6.07, 6.45) is 0.145. The lowest BCUT2D eigenvalue weighted by atomic mass is 10.2. The maximum atomic E-state index is 12.7. The number of benzene rings is 2. The highest BCUT2D eigenvalue weighted by molar-refractivity contribution is 6.33. The molecule has 3 amide bonds. The molecule has 0 saturated heterocycles. The van der Waals surface area contributed by atoms with Crippen molar-refractivity contribution in [3.63, 3.8) is 0 Å². The molecular weight excluding hydrogens is 418 g/mol. The van der Waals surface area contributed by atoms with Crippen molar-refractivity contribution < 1.29 is 14.0 Å². The Kier molecular flexibility index (Phi) is 7.61. The quantitative estimate of drug-likeness (QED) is 0.541. The lowest BCUT2D eigenvalue weighted by Gasteiger charge is -2.25. The van der Waals surface area contributed by atoms with Crippen LogP contribution in [0.25, 0.3) is 11.5 Å². The Morgan fingerprint density at radius 1 is 1.06 bits per heavy atom. The number of carbonyl (C=O) groups excluding carboxylic acids is 2. The van der Waals surface area contributed by atoms with Crippen molar-refractivity contribution >= 4 is 29.2 Å². The highest BCUT2D eigenvalue weighted by atomic mass is 35.5. The zero-order valence-electron chi connectivity index (χ0n) is 17.3. The maximum Gasteiger partial charge on any atom is 0.319 e. The summed E-state index contributed by atoms with van der Waals surface area (Å²) in [5.41, 5.74) is 1.32. The second-order valence-electron chi connectivity index (χ2n) is 7.09. The van der Waals surface area contributed by atoms with Gasteiger partial charge in [-0.2, -0.15) is 0 Å². The highest BCUT2D eigenvalue weighted by Gasteiger charge is 2.21. The second-order valence-corrected chi connectivity index (χ2v) is 7.50. The number of hydrogen-bond donors (Lipinski definition) is 2. The number of aromatic nitrogens is 2. The molecule has 0 spiro atoms. The minimum Gasteiger partial charge on any atom is -0.419 e. The molecule has 162 valence electrons. The average molecular weight is 442 g/mol. The molecule has 0 bridgehead atoms. The van der Waals surface area contributed by atoms with Crippen LogP contribution < -0.4 is 10.6 Å². The van der Waals surface area contributed by atoms with E-state index in [1.807, 2.05) is 44.2 Å². The van der Waals surface area contributed by atoms with E-state index in [2.05, 4.69) is 20.8 Å². The molecule has 2 aromatic carbocycles. The van der Waals surface area contributed by atoms with Crippen LogP contribution in [0.1, 0.15) is 26.2 Å². The predicted octanol–water partition coefficient (Wildman–Crippen LogP) is 4.34. The number of anilines is 1. The zero-order chi connectivity index (χ0) is 22.2. The Balaban J connectivity index is 1.54. The van der Waals surface area contributed by atoms with Crippen molar-refractivity contribution in [3.8, 4) is 11.5 Å². The van der Waals surface area contributed by atoms with Gasteiger partial charge in [-0.25, -0.2) is 4.79 Å². The standard InChI is InChI=1S/C22H24ClN5O3/c1-15(2)28(14-19-26-27-21(31-19)17-10-6-7-11-18(17)23)20(29)12-13-24-22(30)25-16-8-4-3-5-9-16/h3-11,15H,12-14H2,1-2H3,(H2,24,25,30). The molecule has 0 unspecified atom stereocenters. The number of nitrogens with zero attached hydrogens (tertiary/aromatic N) is 3. The molecule has 2 N–H and O–H groups in total. The van der Waals surface area contributed by atoms with Crippen LogP contribution in [0.3, 0.4) is 0 Å². The zero-order valence-corrected chi connectivity index (χ0v) is 18.1. The highest BCUT2D eigenvalue weighted by Crippen LogP contribution is 2.26. The van der Waals surface area contributed by atoms with Gasteiger partial charge in [0, 0.05) is 24.7 Å². The Labute approximate surface area is 185 Å². The lowest BCUT2D eigenvalue weighted by Crippen LogP contribution is -2.39. The molecule has 9 heteroatoms. The molecule has 1 heterocycles. The summed E-state index contributed by atoms with van der Waals surface area (Å²) >= 11 is 6.18. The molecule has 0 fully saturated rings. The van der Waals surface area contributed by atoms with E-state index >= 15 is 0 Å². The molecule has 0 atom stereocenters. The number of halogens is 1. The molecular formula is C22H24ClN5O3. The Morgan fingerprint density at radius 3 is 2.48 bits per heavy atom. The lowest BCUT2D eigenvalue weighted by molar-refractivity contribution is -0.133. The molecule has 0 saturated carbocycles. The molecule has 3 aromatic rings. The first kappa shape index (κ1) is 22.3. The van der Waals surface area contributed by atoms with E-state index < -0.39 is 0 Å². The summed E-state index contributed by atoms with van der Waals surface area (Å²) in [6, 6.07) is 15.8. The van der Waals surface area contributed by atoms with Gasteiger partial charge in [-0.1, -0.05) is 41.9 Å². The van der Waals surface area contributed by atoms with E-state index in [1.165, 1.54) is 0 Å². The Morgan fingerprint density at radius 2 is 1.77 bits per heavy atom. The summed E-state index contributed by atoms with van der Waals surface area (Å²) in [6.45, 7) is 4.18. The minimum absolute atomic E-state index is 0.0821. The summed E-state index contributed by atoms with van der Waals surface area (Å²) in [4.78, 5) is 26.3. The smallest absolute Gasteiger partial charge is 0.319 e. The van der Waals surface area contributed by atoms with Crippen molar-refractivity contribution in [1.82, 2.24) is 20.4 Å². The van der Waals surface area contributed by atoms with Gasteiger partial charge in [0.25, 0.3) is 0 Å². The monoisotopic (exact) mass is 441 g/mol. The number of amides is 3.